The lowest BCUT2D eigenvalue weighted by atomic mass is 10.1. The van der Waals surface area contributed by atoms with Gasteiger partial charge < -0.3 is 4.98 Å². The van der Waals surface area contributed by atoms with Gasteiger partial charge in [-0.3, -0.25) is 0 Å². The van der Waals surface area contributed by atoms with Crippen molar-refractivity contribution < 1.29 is 17.2 Å². The van der Waals surface area contributed by atoms with Gasteiger partial charge in [0.25, 0.3) is 0 Å². The van der Waals surface area contributed by atoms with Gasteiger partial charge in [0, 0.05) is 23.6 Å². The maximum absolute atomic E-state index is 13.2. The van der Waals surface area contributed by atoms with E-state index in [2.05, 4.69) is 9.71 Å². The van der Waals surface area contributed by atoms with E-state index in [-0.39, 0.29) is 11.4 Å². The van der Waals surface area contributed by atoms with Crippen molar-refractivity contribution in [3.05, 3.63) is 65.9 Å². The van der Waals surface area contributed by atoms with Crippen LogP contribution in [-0.2, 0) is 16.4 Å². The van der Waals surface area contributed by atoms with E-state index in [4.69, 9.17) is 0 Å². The van der Waals surface area contributed by atoms with Gasteiger partial charge in [-0.1, -0.05) is 18.2 Å². The smallest absolute Gasteiger partial charge is 0.240 e. The van der Waals surface area contributed by atoms with Gasteiger partial charge in [0.15, 0.2) is 11.6 Å². The molecule has 4 nitrogen and oxygen atoms in total. The normalized spacial score (nSPS) is 11.9. The predicted molar refractivity (Wildman–Crippen MR) is 83.5 cm³/mol. The molecule has 0 amide bonds. The molecule has 0 aliphatic heterocycles. The molecule has 1 aromatic heterocycles. The Morgan fingerprint density at radius 2 is 1.83 bits per heavy atom. The number of benzene rings is 2. The van der Waals surface area contributed by atoms with Gasteiger partial charge in [-0.05, 0) is 36.2 Å². The van der Waals surface area contributed by atoms with Gasteiger partial charge >= 0.3 is 0 Å². The summed E-state index contributed by atoms with van der Waals surface area (Å²) in [6, 6.07) is 10.2. The average molecular weight is 336 g/mol. The molecule has 2 N–H and O–H groups in total. The van der Waals surface area contributed by atoms with E-state index in [1.807, 2.05) is 30.5 Å². The Bertz CT molecular complexity index is 952. The summed E-state index contributed by atoms with van der Waals surface area (Å²) in [5.74, 6) is -2.27. The highest BCUT2D eigenvalue weighted by Gasteiger charge is 2.16. The number of aromatic nitrogens is 1. The van der Waals surface area contributed by atoms with Gasteiger partial charge in [-0.15, -0.1) is 0 Å². The molecule has 3 rings (SSSR count). The average Bonchev–Trinajstić information content (AvgIpc) is 2.93. The molecule has 0 aliphatic carbocycles. The molecule has 0 bridgehead atoms. The number of nitrogens with one attached hydrogen (secondary N) is 2. The largest absolute Gasteiger partial charge is 0.361 e. The molecule has 0 atom stereocenters. The lowest BCUT2D eigenvalue weighted by Gasteiger charge is -2.07. The van der Waals surface area contributed by atoms with Crippen molar-refractivity contribution in [2.75, 3.05) is 6.54 Å². The summed E-state index contributed by atoms with van der Waals surface area (Å²) in [4.78, 5) is 2.82. The maximum atomic E-state index is 13.2. The number of halogens is 2. The van der Waals surface area contributed by atoms with E-state index in [9.17, 15) is 17.2 Å². The minimum absolute atomic E-state index is 0.156. The van der Waals surface area contributed by atoms with E-state index in [0.717, 1.165) is 28.6 Å². The molecule has 23 heavy (non-hydrogen) atoms. The third kappa shape index (κ3) is 3.25. The fourth-order valence-electron chi connectivity index (χ4n) is 2.39. The molecule has 1 heterocycles. The van der Waals surface area contributed by atoms with Crippen LogP contribution in [0.5, 0.6) is 0 Å². The van der Waals surface area contributed by atoms with Crippen LogP contribution < -0.4 is 4.72 Å². The highest BCUT2D eigenvalue weighted by atomic mass is 32.2. The van der Waals surface area contributed by atoms with Crippen LogP contribution in [0.25, 0.3) is 10.9 Å². The van der Waals surface area contributed by atoms with E-state index in [1.54, 1.807) is 0 Å². The summed E-state index contributed by atoms with van der Waals surface area (Å²) in [7, 11) is -3.87. The molecule has 0 saturated carbocycles. The van der Waals surface area contributed by atoms with Crippen molar-refractivity contribution in [2.45, 2.75) is 11.3 Å². The second kappa shape index (κ2) is 6.10. The van der Waals surface area contributed by atoms with E-state index in [1.165, 1.54) is 0 Å². The summed E-state index contributed by atoms with van der Waals surface area (Å²) in [5, 5.41) is 1.03. The second-order valence-corrected chi connectivity index (χ2v) is 6.85. The number of fused-ring (bicyclic) bond motifs is 1. The van der Waals surface area contributed by atoms with Crippen LogP contribution in [0.15, 0.2) is 53.6 Å². The molecule has 0 unspecified atom stereocenters. The Morgan fingerprint density at radius 1 is 1.04 bits per heavy atom. The third-order valence-corrected chi connectivity index (χ3v) is 5.02. The molecular formula is C16H14F2N2O2S. The third-order valence-electron chi connectivity index (χ3n) is 3.56. The van der Waals surface area contributed by atoms with Crippen molar-refractivity contribution in [2.24, 2.45) is 0 Å². The molecule has 120 valence electrons. The molecule has 0 saturated heterocycles. The van der Waals surface area contributed by atoms with Crippen LogP contribution in [0.4, 0.5) is 8.78 Å². The Balaban J connectivity index is 1.71. The molecular weight excluding hydrogens is 322 g/mol. The van der Waals surface area contributed by atoms with Gasteiger partial charge in [0.1, 0.15) is 0 Å². The summed E-state index contributed by atoms with van der Waals surface area (Å²) in [5.41, 5.74) is 1.96. The first-order chi connectivity index (χ1) is 11.0. The van der Waals surface area contributed by atoms with Crippen LogP contribution in [0, 0.1) is 11.6 Å². The number of rotatable bonds is 5. The standard InChI is InChI=1S/C16H14F2N2O2S/c17-14-6-5-12(9-15(14)18)23(21,22)20-8-7-11-10-19-16-4-2-1-3-13(11)16/h1-6,9-10,19-20H,7-8H2. The predicted octanol–water partition coefficient (Wildman–Crippen LogP) is 2.97. The van der Waals surface area contributed by atoms with Crippen molar-refractivity contribution in [3.8, 4) is 0 Å². The zero-order valence-corrected chi connectivity index (χ0v) is 12.8. The number of H-pyrrole nitrogens is 1. The first kappa shape index (κ1) is 15.6. The Kier molecular flexibility index (Phi) is 4.14. The highest BCUT2D eigenvalue weighted by molar-refractivity contribution is 7.89. The van der Waals surface area contributed by atoms with Crippen molar-refractivity contribution in [1.82, 2.24) is 9.71 Å². The Labute approximate surface area is 132 Å². The Morgan fingerprint density at radius 3 is 2.61 bits per heavy atom. The van der Waals surface area contributed by atoms with Gasteiger partial charge in [-0.25, -0.2) is 21.9 Å². The molecule has 0 radical (unpaired) electrons. The monoisotopic (exact) mass is 336 g/mol. The topological polar surface area (TPSA) is 62.0 Å². The second-order valence-electron chi connectivity index (χ2n) is 5.08. The molecule has 0 aliphatic rings. The zero-order chi connectivity index (χ0) is 16.4. The van der Waals surface area contributed by atoms with E-state index < -0.39 is 21.7 Å². The van der Waals surface area contributed by atoms with Crippen LogP contribution >= 0.6 is 0 Å². The van der Waals surface area contributed by atoms with Gasteiger partial charge in [0.2, 0.25) is 10.0 Å². The SMILES string of the molecule is O=S(=O)(NCCc1c[nH]c2ccccc12)c1ccc(F)c(F)c1. The van der Waals surface area contributed by atoms with Crippen molar-refractivity contribution in [3.63, 3.8) is 0 Å². The molecule has 0 fully saturated rings. The lowest BCUT2D eigenvalue weighted by Crippen LogP contribution is -2.26. The summed E-state index contributed by atoms with van der Waals surface area (Å²) in [6.45, 7) is 0.156. The first-order valence-electron chi connectivity index (χ1n) is 6.97. The van der Waals surface area contributed by atoms with Crippen LogP contribution in [0.3, 0.4) is 0 Å². The fourth-order valence-corrected chi connectivity index (χ4v) is 3.43. The molecule has 7 heteroatoms. The molecule has 0 spiro atoms. The van der Waals surface area contributed by atoms with Crippen LogP contribution in [0.1, 0.15) is 5.56 Å². The van der Waals surface area contributed by atoms with Crippen molar-refractivity contribution in [1.29, 1.82) is 0 Å². The van der Waals surface area contributed by atoms with Crippen LogP contribution in [-0.4, -0.2) is 19.9 Å². The maximum Gasteiger partial charge on any atom is 0.240 e. The fraction of sp³-hybridized carbons (Fsp3) is 0.125. The van der Waals surface area contributed by atoms with Crippen LogP contribution in [0.2, 0.25) is 0 Å². The minimum atomic E-state index is -3.87. The van der Waals surface area contributed by atoms with Gasteiger partial charge in [0.05, 0.1) is 4.90 Å². The summed E-state index contributed by atoms with van der Waals surface area (Å²) in [6.07, 6.45) is 2.31. The van der Waals surface area contributed by atoms with E-state index in [0.29, 0.717) is 12.5 Å². The first-order valence-corrected chi connectivity index (χ1v) is 8.45. The number of hydrogen-bond donors (Lipinski definition) is 2. The van der Waals surface area contributed by atoms with Gasteiger partial charge in [-0.2, -0.15) is 0 Å². The number of aromatic amines is 1. The number of para-hydroxylation sites is 1. The lowest BCUT2D eigenvalue weighted by molar-refractivity contribution is 0.504. The molecule has 2 aromatic carbocycles. The molecule has 3 aromatic rings. The highest BCUT2D eigenvalue weighted by Crippen LogP contribution is 2.18. The van der Waals surface area contributed by atoms with E-state index >= 15 is 0 Å². The Hall–Kier alpha value is -2.25. The summed E-state index contributed by atoms with van der Waals surface area (Å²) >= 11 is 0. The number of hydrogen-bond acceptors (Lipinski definition) is 2. The summed E-state index contributed by atoms with van der Waals surface area (Å²) < 4.78 is 52.6. The number of sulfonamides is 1. The quantitative estimate of drug-likeness (QED) is 0.752. The van der Waals surface area contributed by atoms with Crippen molar-refractivity contribution >= 4 is 20.9 Å². The minimum Gasteiger partial charge on any atom is -0.361 e. The zero-order valence-electron chi connectivity index (χ0n) is 12.0.